The molecule has 0 radical (unpaired) electrons. The van der Waals surface area contributed by atoms with Crippen LogP contribution in [0, 0.1) is 0 Å². The molecule has 6 nitrogen and oxygen atoms in total. The second-order valence-electron chi connectivity index (χ2n) is 6.64. The second kappa shape index (κ2) is 8.95. The third-order valence-electron chi connectivity index (χ3n) is 4.68. The molecule has 146 valence electrons. The van der Waals surface area contributed by atoms with Crippen molar-refractivity contribution in [2.75, 3.05) is 12.4 Å². The lowest BCUT2D eigenvalue weighted by Gasteiger charge is -2.39. The van der Waals surface area contributed by atoms with E-state index in [-0.39, 0.29) is 13.2 Å². The second-order valence-corrected chi connectivity index (χ2v) is 8.90. The Hall–Kier alpha value is -1.77. The highest BCUT2D eigenvalue weighted by Crippen LogP contribution is 2.27. The van der Waals surface area contributed by atoms with Gasteiger partial charge in [0.2, 0.25) is 0 Å². The van der Waals surface area contributed by atoms with Gasteiger partial charge in [0, 0.05) is 0 Å². The Morgan fingerprint density at radius 2 is 1.33 bits per heavy atom. The summed E-state index contributed by atoms with van der Waals surface area (Å²) in [5, 5.41) is 19.0. The molecule has 1 heterocycles. The van der Waals surface area contributed by atoms with Gasteiger partial charge in [0.25, 0.3) is 0 Å². The molecule has 0 unspecified atom stereocenters. The van der Waals surface area contributed by atoms with E-state index in [1.165, 1.54) is 0 Å². The summed E-state index contributed by atoms with van der Waals surface area (Å²) in [6.07, 6.45) is -3.04. The predicted molar refractivity (Wildman–Crippen MR) is 101 cm³/mol. The Morgan fingerprint density at radius 3 is 1.81 bits per heavy atom. The highest BCUT2D eigenvalue weighted by Gasteiger charge is 2.48. The maximum atomic E-state index is 12.4. The van der Waals surface area contributed by atoms with Crippen LogP contribution in [-0.2, 0) is 32.5 Å². The van der Waals surface area contributed by atoms with Crippen LogP contribution in [0.4, 0.5) is 0 Å². The summed E-state index contributed by atoms with van der Waals surface area (Å²) in [6.45, 7) is -0.207. The molecule has 0 saturated carbocycles. The number of benzene rings is 2. The third kappa shape index (κ3) is 4.94. The molecule has 3 rings (SSSR count). The average molecular weight is 392 g/mol. The van der Waals surface area contributed by atoms with Gasteiger partial charge in [-0.05, 0) is 11.1 Å². The van der Waals surface area contributed by atoms with Crippen molar-refractivity contribution in [2.24, 2.45) is 0 Å². The quantitative estimate of drug-likeness (QED) is 0.738. The zero-order chi connectivity index (χ0) is 19.3. The van der Waals surface area contributed by atoms with Crippen molar-refractivity contribution in [1.29, 1.82) is 0 Å². The zero-order valence-corrected chi connectivity index (χ0v) is 15.7. The fourth-order valence-corrected chi connectivity index (χ4v) is 5.03. The molecule has 0 aliphatic carbocycles. The number of hydrogen-bond donors (Lipinski definition) is 2. The van der Waals surface area contributed by atoms with Crippen LogP contribution in [-0.4, -0.2) is 54.6 Å². The van der Waals surface area contributed by atoms with Crippen molar-refractivity contribution >= 4 is 9.84 Å². The fourth-order valence-electron chi connectivity index (χ4n) is 3.25. The molecular weight excluding hydrogens is 368 g/mol. The summed E-state index contributed by atoms with van der Waals surface area (Å²) < 4.78 is 36.5. The Bertz CT molecular complexity index is 809. The van der Waals surface area contributed by atoms with Gasteiger partial charge < -0.3 is 19.7 Å². The summed E-state index contributed by atoms with van der Waals surface area (Å²) in [7, 11) is -3.70. The molecule has 2 N–H and O–H groups in total. The van der Waals surface area contributed by atoms with E-state index in [9.17, 15) is 18.6 Å². The van der Waals surface area contributed by atoms with Crippen molar-refractivity contribution in [3.8, 4) is 0 Å². The first-order chi connectivity index (χ1) is 13.0. The normalized spacial score (nSPS) is 27.3. The standard InChI is InChI=1S/C20H24O6S/c21-11-18-20(26-13-16-9-5-2-6-10-16)19(17(22)14-27(18,23)24)25-12-15-7-3-1-4-8-15/h1-10,17-22H,11-14H2/t17-,18+,19+,20+/m0/s1. The van der Waals surface area contributed by atoms with Crippen LogP contribution in [0.15, 0.2) is 60.7 Å². The van der Waals surface area contributed by atoms with Crippen molar-refractivity contribution in [3.63, 3.8) is 0 Å². The van der Waals surface area contributed by atoms with Crippen LogP contribution in [0.2, 0.25) is 0 Å². The fraction of sp³-hybridized carbons (Fsp3) is 0.400. The van der Waals surface area contributed by atoms with Crippen LogP contribution in [0.3, 0.4) is 0 Å². The zero-order valence-electron chi connectivity index (χ0n) is 14.8. The largest absolute Gasteiger partial charge is 0.395 e. The molecule has 0 aromatic heterocycles. The third-order valence-corrected chi connectivity index (χ3v) is 6.83. The monoisotopic (exact) mass is 392 g/mol. The molecule has 0 amide bonds. The number of aliphatic hydroxyl groups is 2. The summed E-state index contributed by atoms with van der Waals surface area (Å²) >= 11 is 0. The molecule has 2 aromatic carbocycles. The first-order valence-corrected chi connectivity index (χ1v) is 10.5. The van der Waals surface area contributed by atoms with Gasteiger partial charge in [-0.1, -0.05) is 60.7 Å². The maximum absolute atomic E-state index is 12.4. The van der Waals surface area contributed by atoms with Crippen molar-refractivity contribution in [3.05, 3.63) is 71.8 Å². The van der Waals surface area contributed by atoms with E-state index in [1.54, 1.807) is 0 Å². The van der Waals surface area contributed by atoms with E-state index in [0.717, 1.165) is 11.1 Å². The number of ether oxygens (including phenoxy) is 2. The van der Waals surface area contributed by atoms with Crippen LogP contribution >= 0.6 is 0 Å². The minimum Gasteiger partial charge on any atom is -0.395 e. The first kappa shape index (κ1) is 20.0. The van der Waals surface area contributed by atoms with Gasteiger partial charge in [0.05, 0.1) is 31.7 Å². The molecule has 1 fully saturated rings. The van der Waals surface area contributed by atoms with Gasteiger partial charge in [0.1, 0.15) is 17.5 Å². The minimum absolute atomic E-state index is 0.162. The van der Waals surface area contributed by atoms with Gasteiger partial charge in [0.15, 0.2) is 9.84 Å². The molecule has 1 saturated heterocycles. The van der Waals surface area contributed by atoms with E-state index in [4.69, 9.17) is 9.47 Å². The molecule has 1 aliphatic rings. The van der Waals surface area contributed by atoms with Crippen molar-refractivity contribution in [1.82, 2.24) is 0 Å². The smallest absolute Gasteiger partial charge is 0.160 e. The highest BCUT2D eigenvalue weighted by molar-refractivity contribution is 7.92. The molecule has 7 heteroatoms. The van der Waals surface area contributed by atoms with Gasteiger partial charge in [-0.15, -0.1) is 0 Å². The highest BCUT2D eigenvalue weighted by atomic mass is 32.2. The molecule has 4 atom stereocenters. The molecule has 0 spiro atoms. The number of hydrogen-bond acceptors (Lipinski definition) is 6. The van der Waals surface area contributed by atoms with Gasteiger partial charge >= 0.3 is 0 Å². The van der Waals surface area contributed by atoms with Gasteiger partial charge in [-0.25, -0.2) is 8.42 Å². The molecular formula is C20H24O6S. The summed E-state index contributed by atoms with van der Waals surface area (Å²) in [5.41, 5.74) is 1.77. The van der Waals surface area contributed by atoms with Gasteiger partial charge in [-0.3, -0.25) is 0 Å². The molecule has 27 heavy (non-hydrogen) atoms. The number of sulfone groups is 1. The van der Waals surface area contributed by atoms with Crippen LogP contribution in [0.25, 0.3) is 0 Å². The Kier molecular flexibility index (Phi) is 6.62. The molecule has 1 aliphatic heterocycles. The molecule has 0 bridgehead atoms. The van der Waals surface area contributed by atoms with Crippen molar-refractivity contribution in [2.45, 2.75) is 36.8 Å². The summed E-state index contributed by atoms with van der Waals surface area (Å²) in [6, 6.07) is 18.7. The molecule has 2 aromatic rings. The lowest BCUT2D eigenvalue weighted by atomic mass is 10.0. The SMILES string of the molecule is O=S1(=O)C[C@H](O)[C@@H](OCc2ccccc2)[C@H](OCc2ccccc2)[C@H]1CO. The minimum atomic E-state index is -3.70. The first-order valence-electron chi connectivity index (χ1n) is 8.83. The van der Waals surface area contributed by atoms with E-state index in [0.29, 0.717) is 0 Å². The van der Waals surface area contributed by atoms with E-state index >= 15 is 0 Å². The van der Waals surface area contributed by atoms with Crippen LogP contribution in [0.5, 0.6) is 0 Å². The lowest BCUT2D eigenvalue weighted by molar-refractivity contribution is -0.135. The maximum Gasteiger partial charge on any atom is 0.160 e. The topological polar surface area (TPSA) is 93.1 Å². The van der Waals surface area contributed by atoms with E-state index in [1.807, 2.05) is 60.7 Å². The Labute approximate surface area is 159 Å². The Morgan fingerprint density at radius 1 is 0.852 bits per heavy atom. The van der Waals surface area contributed by atoms with Crippen LogP contribution in [0.1, 0.15) is 11.1 Å². The number of aliphatic hydroxyl groups excluding tert-OH is 2. The summed E-state index contributed by atoms with van der Waals surface area (Å²) in [5.74, 6) is -0.455. The number of rotatable bonds is 7. The Balaban J connectivity index is 1.78. The van der Waals surface area contributed by atoms with E-state index in [2.05, 4.69) is 0 Å². The van der Waals surface area contributed by atoms with Crippen LogP contribution < -0.4 is 0 Å². The van der Waals surface area contributed by atoms with Crippen molar-refractivity contribution < 1.29 is 28.1 Å². The predicted octanol–water partition coefficient (Wildman–Crippen LogP) is 1.31. The average Bonchev–Trinajstić information content (AvgIpc) is 2.66. The lowest BCUT2D eigenvalue weighted by Crippen LogP contribution is -2.59. The van der Waals surface area contributed by atoms with E-state index < -0.39 is 45.8 Å². The van der Waals surface area contributed by atoms with Gasteiger partial charge in [-0.2, -0.15) is 0 Å². The summed E-state index contributed by atoms with van der Waals surface area (Å²) in [4.78, 5) is 0.